The van der Waals surface area contributed by atoms with Gasteiger partial charge in [-0.25, -0.2) is 0 Å². The number of anilines is 1. The molecule has 5 heteroatoms. The SMILES string of the molecule is CC(CN)c1ccccc1N1CC(=O)N(C)C(=O)C1. The number of benzene rings is 1. The van der Waals surface area contributed by atoms with E-state index in [1.807, 2.05) is 36.1 Å². The maximum Gasteiger partial charge on any atom is 0.248 e. The zero-order valence-corrected chi connectivity index (χ0v) is 11.3. The monoisotopic (exact) mass is 261 g/mol. The number of nitrogens with zero attached hydrogens (tertiary/aromatic N) is 2. The summed E-state index contributed by atoms with van der Waals surface area (Å²) < 4.78 is 0. The van der Waals surface area contributed by atoms with Crippen LogP contribution in [-0.4, -0.2) is 43.4 Å². The van der Waals surface area contributed by atoms with E-state index in [4.69, 9.17) is 5.73 Å². The Labute approximate surface area is 113 Å². The third-order valence-corrected chi connectivity index (χ3v) is 3.56. The predicted octanol–water partition coefficient (Wildman–Crippen LogP) is 0.554. The highest BCUT2D eigenvalue weighted by Gasteiger charge is 2.29. The quantitative estimate of drug-likeness (QED) is 0.807. The van der Waals surface area contributed by atoms with E-state index in [1.165, 1.54) is 11.9 Å². The van der Waals surface area contributed by atoms with Crippen molar-refractivity contribution in [3.63, 3.8) is 0 Å². The van der Waals surface area contributed by atoms with Gasteiger partial charge in [0.2, 0.25) is 11.8 Å². The summed E-state index contributed by atoms with van der Waals surface area (Å²) in [6, 6.07) is 7.80. The van der Waals surface area contributed by atoms with E-state index < -0.39 is 0 Å². The maximum atomic E-state index is 11.8. The lowest BCUT2D eigenvalue weighted by atomic mass is 9.98. The molecule has 1 heterocycles. The standard InChI is InChI=1S/C14H19N3O2/c1-10(7-15)11-5-3-4-6-12(11)17-8-13(18)16(2)14(19)9-17/h3-6,10H,7-9,15H2,1-2H3. The second kappa shape index (κ2) is 5.40. The van der Waals surface area contributed by atoms with Crippen molar-refractivity contribution < 1.29 is 9.59 Å². The molecule has 0 radical (unpaired) electrons. The van der Waals surface area contributed by atoms with Crippen molar-refractivity contribution in [3.8, 4) is 0 Å². The number of piperazine rings is 1. The molecular formula is C14H19N3O2. The summed E-state index contributed by atoms with van der Waals surface area (Å²) in [4.78, 5) is 26.6. The van der Waals surface area contributed by atoms with Crippen molar-refractivity contribution in [2.24, 2.45) is 5.73 Å². The van der Waals surface area contributed by atoms with Crippen LogP contribution in [0.1, 0.15) is 18.4 Å². The van der Waals surface area contributed by atoms with Crippen LogP contribution in [0.4, 0.5) is 5.69 Å². The highest BCUT2D eigenvalue weighted by molar-refractivity contribution is 6.02. The van der Waals surface area contributed by atoms with Gasteiger partial charge in [-0.3, -0.25) is 14.5 Å². The summed E-state index contributed by atoms with van der Waals surface area (Å²) >= 11 is 0. The molecular weight excluding hydrogens is 242 g/mol. The second-order valence-electron chi connectivity index (χ2n) is 4.90. The average Bonchev–Trinajstić information content (AvgIpc) is 2.43. The smallest absolute Gasteiger partial charge is 0.248 e. The van der Waals surface area contributed by atoms with E-state index in [2.05, 4.69) is 0 Å². The van der Waals surface area contributed by atoms with E-state index >= 15 is 0 Å². The minimum atomic E-state index is -0.175. The molecule has 2 amide bonds. The Morgan fingerprint density at radius 3 is 2.37 bits per heavy atom. The third kappa shape index (κ3) is 2.61. The molecule has 1 fully saturated rings. The molecule has 0 saturated carbocycles. The molecule has 19 heavy (non-hydrogen) atoms. The first-order valence-electron chi connectivity index (χ1n) is 6.38. The number of carbonyl (C=O) groups is 2. The minimum Gasteiger partial charge on any atom is -0.353 e. The molecule has 1 unspecified atom stereocenters. The molecule has 0 spiro atoms. The van der Waals surface area contributed by atoms with Gasteiger partial charge in [0.15, 0.2) is 0 Å². The van der Waals surface area contributed by atoms with Gasteiger partial charge in [-0.1, -0.05) is 25.1 Å². The fraction of sp³-hybridized carbons (Fsp3) is 0.429. The van der Waals surface area contributed by atoms with Crippen LogP contribution in [0, 0.1) is 0 Å². The summed E-state index contributed by atoms with van der Waals surface area (Å²) in [7, 11) is 1.52. The first kappa shape index (κ1) is 13.5. The number of imide groups is 1. The van der Waals surface area contributed by atoms with Crippen molar-refractivity contribution >= 4 is 17.5 Å². The van der Waals surface area contributed by atoms with Crippen LogP contribution in [0.2, 0.25) is 0 Å². The van der Waals surface area contributed by atoms with Gasteiger partial charge in [0.25, 0.3) is 0 Å². The van der Waals surface area contributed by atoms with Crippen LogP contribution in [-0.2, 0) is 9.59 Å². The molecule has 1 saturated heterocycles. The number of para-hydroxylation sites is 1. The molecule has 1 atom stereocenters. The van der Waals surface area contributed by atoms with Crippen LogP contribution in [0.3, 0.4) is 0 Å². The minimum absolute atomic E-state index is 0.175. The Bertz CT molecular complexity index is 483. The van der Waals surface area contributed by atoms with Crippen molar-refractivity contribution in [3.05, 3.63) is 29.8 Å². The molecule has 2 rings (SSSR count). The van der Waals surface area contributed by atoms with Crippen molar-refractivity contribution in [2.75, 3.05) is 31.6 Å². The van der Waals surface area contributed by atoms with Gasteiger partial charge in [0, 0.05) is 12.7 Å². The van der Waals surface area contributed by atoms with Crippen molar-refractivity contribution in [1.29, 1.82) is 0 Å². The molecule has 5 nitrogen and oxygen atoms in total. The van der Waals surface area contributed by atoms with Crippen LogP contribution in [0.5, 0.6) is 0 Å². The van der Waals surface area contributed by atoms with Crippen LogP contribution < -0.4 is 10.6 Å². The van der Waals surface area contributed by atoms with Gasteiger partial charge in [-0.2, -0.15) is 0 Å². The number of amides is 2. The zero-order valence-electron chi connectivity index (χ0n) is 11.3. The number of rotatable bonds is 3. The highest BCUT2D eigenvalue weighted by atomic mass is 16.2. The van der Waals surface area contributed by atoms with Crippen LogP contribution in [0.15, 0.2) is 24.3 Å². The summed E-state index contributed by atoms with van der Waals surface area (Å²) in [6.45, 7) is 3.04. The Morgan fingerprint density at radius 2 is 1.79 bits per heavy atom. The fourth-order valence-corrected chi connectivity index (χ4v) is 2.22. The zero-order chi connectivity index (χ0) is 14.0. The molecule has 0 bridgehead atoms. The number of carbonyl (C=O) groups excluding carboxylic acids is 2. The van der Waals surface area contributed by atoms with E-state index in [0.717, 1.165) is 11.3 Å². The van der Waals surface area contributed by atoms with Crippen molar-refractivity contribution in [1.82, 2.24) is 4.90 Å². The van der Waals surface area contributed by atoms with E-state index in [0.29, 0.717) is 6.54 Å². The maximum absolute atomic E-state index is 11.8. The van der Waals surface area contributed by atoms with E-state index in [1.54, 1.807) is 0 Å². The highest BCUT2D eigenvalue weighted by Crippen LogP contribution is 2.28. The first-order valence-corrected chi connectivity index (χ1v) is 6.38. The van der Waals surface area contributed by atoms with Crippen LogP contribution in [0.25, 0.3) is 0 Å². The Morgan fingerprint density at radius 1 is 1.21 bits per heavy atom. The van der Waals surface area contributed by atoms with Gasteiger partial charge in [-0.15, -0.1) is 0 Å². The summed E-state index contributed by atoms with van der Waals surface area (Å²) in [5.74, 6) is -0.154. The summed E-state index contributed by atoms with van der Waals surface area (Å²) in [5, 5.41) is 0. The largest absolute Gasteiger partial charge is 0.353 e. The van der Waals surface area contributed by atoms with Crippen molar-refractivity contribution in [2.45, 2.75) is 12.8 Å². The fourth-order valence-electron chi connectivity index (χ4n) is 2.22. The number of nitrogens with two attached hydrogens (primary N) is 1. The topological polar surface area (TPSA) is 66.6 Å². The molecule has 102 valence electrons. The lowest BCUT2D eigenvalue weighted by Gasteiger charge is -2.33. The van der Waals surface area contributed by atoms with E-state index in [-0.39, 0.29) is 30.8 Å². The lowest BCUT2D eigenvalue weighted by Crippen LogP contribution is -2.52. The van der Waals surface area contributed by atoms with Gasteiger partial charge in [0.05, 0.1) is 13.1 Å². The van der Waals surface area contributed by atoms with Crippen LogP contribution >= 0.6 is 0 Å². The normalized spacial score (nSPS) is 17.8. The van der Waals surface area contributed by atoms with Gasteiger partial charge < -0.3 is 10.6 Å². The number of hydrogen-bond acceptors (Lipinski definition) is 4. The van der Waals surface area contributed by atoms with E-state index in [9.17, 15) is 9.59 Å². The molecule has 2 N–H and O–H groups in total. The predicted molar refractivity (Wildman–Crippen MR) is 73.9 cm³/mol. The number of hydrogen-bond donors (Lipinski definition) is 1. The molecule has 1 aromatic rings. The molecule has 0 aromatic heterocycles. The van der Waals surface area contributed by atoms with Gasteiger partial charge >= 0.3 is 0 Å². The molecule has 1 aliphatic rings. The van der Waals surface area contributed by atoms with Gasteiger partial charge in [0.1, 0.15) is 0 Å². The first-order chi connectivity index (χ1) is 9.04. The summed E-state index contributed by atoms with van der Waals surface area (Å²) in [6.07, 6.45) is 0. The molecule has 1 aromatic carbocycles. The second-order valence-corrected chi connectivity index (χ2v) is 4.90. The van der Waals surface area contributed by atoms with Gasteiger partial charge in [-0.05, 0) is 24.1 Å². The molecule has 1 aliphatic heterocycles. The third-order valence-electron chi connectivity index (χ3n) is 3.56. The average molecular weight is 261 g/mol. The Hall–Kier alpha value is -1.88. The number of likely N-dealkylation sites (N-methyl/N-ethyl adjacent to an activating group) is 1. The Balaban J connectivity index is 2.32. The Kier molecular flexibility index (Phi) is 3.85. The molecule has 0 aliphatic carbocycles. The lowest BCUT2D eigenvalue weighted by molar-refractivity contribution is -0.143. The summed E-state index contributed by atoms with van der Waals surface area (Å²) in [5.41, 5.74) is 7.72.